The molecule has 1 aliphatic rings. The van der Waals surface area contributed by atoms with Crippen molar-refractivity contribution >= 4 is 27.4 Å². The highest BCUT2D eigenvalue weighted by Gasteiger charge is 2.21. The van der Waals surface area contributed by atoms with E-state index in [4.69, 9.17) is 0 Å². The molecule has 0 aromatic carbocycles. The van der Waals surface area contributed by atoms with Gasteiger partial charge in [0.2, 0.25) is 0 Å². The highest BCUT2D eigenvalue weighted by Crippen LogP contribution is 2.31. The smallest absolute Gasteiger partial charge is 0.140 e. The molecule has 1 fully saturated rings. The zero-order valence-electron chi connectivity index (χ0n) is 11.5. The normalized spacial score (nSPS) is 20.1. The van der Waals surface area contributed by atoms with Crippen LogP contribution in [0, 0.1) is 0 Å². The van der Waals surface area contributed by atoms with Gasteiger partial charge in [0, 0.05) is 24.0 Å². The van der Waals surface area contributed by atoms with E-state index in [2.05, 4.69) is 33.2 Å². The standard InChI is InChI=1S/C14H20N4S/c1-3-11-7-12-13(16-9-17-14(12)19-11)18-6-4-5-10(8-18)15-2/h7,9-10,15H,3-6,8H2,1-2H3. The second kappa shape index (κ2) is 5.43. The number of rotatable bonds is 3. The molecule has 1 N–H and O–H groups in total. The first-order valence-electron chi connectivity index (χ1n) is 6.97. The zero-order valence-corrected chi connectivity index (χ0v) is 12.3. The van der Waals surface area contributed by atoms with Gasteiger partial charge in [-0.2, -0.15) is 0 Å². The summed E-state index contributed by atoms with van der Waals surface area (Å²) in [5.41, 5.74) is 0. The topological polar surface area (TPSA) is 41.0 Å². The number of fused-ring (bicyclic) bond motifs is 1. The molecule has 2 aromatic heterocycles. The van der Waals surface area contributed by atoms with E-state index in [1.165, 1.54) is 23.1 Å². The monoisotopic (exact) mass is 276 g/mol. The van der Waals surface area contributed by atoms with Crippen molar-refractivity contribution in [3.8, 4) is 0 Å². The van der Waals surface area contributed by atoms with Crippen LogP contribution in [0.5, 0.6) is 0 Å². The van der Waals surface area contributed by atoms with E-state index in [1.54, 1.807) is 17.7 Å². The summed E-state index contributed by atoms with van der Waals surface area (Å²) in [6.45, 7) is 4.33. The van der Waals surface area contributed by atoms with Crippen LogP contribution in [-0.2, 0) is 6.42 Å². The van der Waals surface area contributed by atoms with Gasteiger partial charge in [-0.25, -0.2) is 9.97 Å². The van der Waals surface area contributed by atoms with E-state index >= 15 is 0 Å². The van der Waals surface area contributed by atoms with Gasteiger partial charge < -0.3 is 10.2 Å². The van der Waals surface area contributed by atoms with Crippen molar-refractivity contribution in [1.82, 2.24) is 15.3 Å². The molecule has 3 heterocycles. The molecule has 4 nitrogen and oxygen atoms in total. The van der Waals surface area contributed by atoms with E-state index in [1.807, 2.05) is 7.05 Å². The molecule has 0 bridgehead atoms. The summed E-state index contributed by atoms with van der Waals surface area (Å²) in [5, 5.41) is 4.61. The van der Waals surface area contributed by atoms with Crippen molar-refractivity contribution < 1.29 is 0 Å². The molecule has 0 spiro atoms. The highest BCUT2D eigenvalue weighted by atomic mass is 32.1. The summed E-state index contributed by atoms with van der Waals surface area (Å²) < 4.78 is 0. The zero-order chi connectivity index (χ0) is 13.2. The van der Waals surface area contributed by atoms with Gasteiger partial charge in [0.05, 0.1) is 5.39 Å². The number of nitrogens with zero attached hydrogens (tertiary/aromatic N) is 3. The molecular formula is C14H20N4S. The predicted octanol–water partition coefficient (Wildman–Crippen LogP) is 2.44. The number of hydrogen-bond donors (Lipinski definition) is 1. The third-order valence-electron chi connectivity index (χ3n) is 3.84. The van der Waals surface area contributed by atoms with Crippen molar-refractivity contribution in [2.75, 3.05) is 25.0 Å². The summed E-state index contributed by atoms with van der Waals surface area (Å²) in [5.74, 6) is 1.11. The Labute approximate surface area is 117 Å². The minimum atomic E-state index is 0.572. The van der Waals surface area contributed by atoms with Gasteiger partial charge in [-0.05, 0) is 32.4 Å². The number of aryl methyl sites for hydroxylation is 1. The van der Waals surface area contributed by atoms with Crippen LogP contribution in [0.1, 0.15) is 24.6 Å². The third kappa shape index (κ3) is 2.44. The molecule has 2 aromatic rings. The van der Waals surface area contributed by atoms with Crippen molar-refractivity contribution in [1.29, 1.82) is 0 Å². The van der Waals surface area contributed by atoms with Crippen LogP contribution < -0.4 is 10.2 Å². The van der Waals surface area contributed by atoms with Crippen molar-refractivity contribution in [3.63, 3.8) is 0 Å². The fourth-order valence-electron chi connectivity index (χ4n) is 2.72. The van der Waals surface area contributed by atoms with Crippen LogP contribution in [-0.4, -0.2) is 36.1 Å². The maximum atomic E-state index is 4.54. The first-order valence-corrected chi connectivity index (χ1v) is 7.79. The summed E-state index contributed by atoms with van der Waals surface area (Å²) in [4.78, 5) is 13.9. The number of likely N-dealkylation sites (N-methyl/N-ethyl adjacent to an activating group) is 1. The molecule has 102 valence electrons. The van der Waals surface area contributed by atoms with Crippen LogP contribution >= 0.6 is 11.3 Å². The fourth-order valence-corrected chi connectivity index (χ4v) is 3.65. The maximum absolute atomic E-state index is 4.54. The lowest BCUT2D eigenvalue weighted by Gasteiger charge is -2.33. The van der Waals surface area contributed by atoms with E-state index in [0.717, 1.165) is 30.2 Å². The molecule has 1 saturated heterocycles. The van der Waals surface area contributed by atoms with Gasteiger partial charge in [0.15, 0.2) is 0 Å². The Hall–Kier alpha value is -1.20. The van der Waals surface area contributed by atoms with E-state index in [-0.39, 0.29) is 0 Å². The number of nitrogens with one attached hydrogen (secondary N) is 1. The molecule has 0 radical (unpaired) electrons. The Bertz CT molecular complexity index is 566. The molecule has 0 saturated carbocycles. The van der Waals surface area contributed by atoms with Crippen LogP contribution in [0.4, 0.5) is 5.82 Å². The Balaban J connectivity index is 1.97. The predicted molar refractivity (Wildman–Crippen MR) is 81.1 cm³/mol. The Morgan fingerprint density at radius 1 is 1.47 bits per heavy atom. The molecule has 19 heavy (non-hydrogen) atoms. The van der Waals surface area contributed by atoms with Gasteiger partial charge in [-0.1, -0.05) is 6.92 Å². The first-order chi connectivity index (χ1) is 9.31. The van der Waals surface area contributed by atoms with Crippen LogP contribution in [0.25, 0.3) is 10.2 Å². The lowest BCUT2D eigenvalue weighted by Crippen LogP contribution is -2.44. The second-order valence-electron chi connectivity index (χ2n) is 5.06. The van der Waals surface area contributed by atoms with Crippen LogP contribution in [0.2, 0.25) is 0 Å². The SMILES string of the molecule is CCc1cc2c(N3CCCC(NC)C3)ncnc2s1. The average Bonchev–Trinajstić information content (AvgIpc) is 2.90. The molecular weight excluding hydrogens is 256 g/mol. The van der Waals surface area contributed by atoms with Gasteiger partial charge in [0.1, 0.15) is 17.0 Å². The lowest BCUT2D eigenvalue weighted by molar-refractivity contribution is 0.448. The van der Waals surface area contributed by atoms with Crippen LogP contribution in [0.15, 0.2) is 12.4 Å². The highest BCUT2D eigenvalue weighted by molar-refractivity contribution is 7.18. The van der Waals surface area contributed by atoms with Gasteiger partial charge in [0.25, 0.3) is 0 Å². The summed E-state index contributed by atoms with van der Waals surface area (Å²) in [6, 6.07) is 2.83. The quantitative estimate of drug-likeness (QED) is 0.935. The Morgan fingerprint density at radius 2 is 2.37 bits per heavy atom. The molecule has 0 amide bonds. The largest absolute Gasteiger partial charge is 0.354 e. The van der Waals surface area contributed by atoms with Crippen molar-refractivity contribution in [2.45, 2.75) is 32.2 Å². The van der Waals surface area contributed by atoms with Gasteiger partial charge in [-0.15, -0.1) is 11.3 Å². The number of thiophene rings is 1. The fraction of sp³-hybridized carbons (Fsp3) is 0.571. The van der Waals surface area contributed by atoms with E-state index in [0.29, 0.717) is 6.04 Å². The summed E-state index contributed by atoms with van der Waals surface area (Å²) >= 11 is 1.79. The molecule has 0 aliphatic carbocycles. The molecule has 1 unspecified atom stereocenters. The lowest BCUT2D eigenvalue weighted by atomic mass is 10.1. The number of hydrogen-bond acceptors (Lipinski definition) is 5. The second-order valence-corrected chi connectivity index (χ2v) is 6.17. The molecule has 3 rings (SSSR count). The van der Waals surface area contributed by atoms with E-state index in [9.17, 15) is 0 Å². The van der Waals surface area contributed by atoms with Gasteiger partial charge >= 0.3 is 0 Å². The maximum Gasteiger partial charge on any atom is 0.140 e. The minimum absolute atomic E-state index is 0.572. The first kappa shape index (κ1) is 12.8. The number of aromatic nitrogens is 2. The molecule has 1 atom stereocenters. The summed E-state index contributed by atoms with van der Waals surface area (Å²) in [6.07, 6.45) is 5.25. The minimum Gasteiger partial charge on any atom is -0.354 e. The Kier molecular flexibility index (Phi) is 3.66. The molecule has 1 aliphatic heterocycles. The number of piperidine rings is 1. The average molecular weight is 276 g/mol. The van der Waals surface area contributed by atoms with Crippen LogP contribution in [0.3, 0.4) is 0 Å². The Morgan fingerprint density at radius 3 is 3.16 bits per heavy atom. The summed E-state index contributed by atoms with van der Waals surface area (Å²) in [7, 11) is 2.05. The third-order valence-corrected chi connectivity index (χ3v) is 5.02. The van der Waals surface area contributed by atoms with E-state index < -0.39 is 0 Å². The van der Waals surface area contributed by atoms with Crippen molar-refractivity contribution in [3.05, 3.63) is 17.3 Å². The number of anilines is 1. The van der Waals surface area contributed by atoms with Gasteiger partial charge in [-0.3, -0.25) is 0 Å². The molecule has 5 heteroatoms. The van der Waals surface area contributed by atoms with Crippen molar-refractivity contribution in [2.24, 2.45) is 0 Å².